The molecule has 2 rings (SSSR count). The van der Waals surface area contributed by atoms with Gasteiger partial charge in [0.25, 0.3) is 5.91 Å². The Morgan fingerprint density at radius 2 is 2.19 bits per heavy atom. The van der Waals surface area contributed by atoms with Crippen LogP contribution < -0.4 is 10.6 Å². The number of likely N-dealkylation sites (N-methyl/N-ethyl adjacent to an activating group) is 1. The third-order valence-corrected chi connectivity index (χ3v) is 4.29. The van der Waals surface area contributed by atoms with Crippen molar-refractivity contribution < 1.29 is 4.79 Å². The van der Waals surface area contributed by atoms with E-state index in [0.29, 0.717) is 12.6 Å². The Morgan fingerprint density at radius 1 is 1.38 bits per heavy atom. The monoisotopic (exact) mass is 289 g/mol. The van der Waals surface area contributed by atoms with E-state index in [2.05, 4.69) is 29.5 Å². The molecule has 116 valence electrons. The van der Waals surface area contributed by atoms with Gasteiger partial charge < -0.3 is 15.5 Å². The average molecular weight is 289 g/mol. The van der Waals surface area contributed by atoms with Crippen molar-refractivity contribution in [2.24, 2.45) is 0 Å². The molecule has 4 heteroatoms. The van der Waals surface area contributed by atoms with Crippen LogP contribution in [0.1, 0.15) is 42.1 Å². The molecule has 0 spiro atoms. The fourth-order valence-electron chi connectivity index (χ4n) is 2.85. The molecule has 1 fully saturated rings. The molecule has 1 heterocycles. The summed E-state index contributed by atoms with van der Waals surface area (Å²) in [5.41, 5.74) is 2.97. The summed E-state index contributed by atoms with van der Waals surface area (Å²) in [5, 5.41) is 6.37. The molecule has 21 heavy (non-hydrogen) atoms. The molecule has 2 N–H and O–H groups in total. The van der Waals surface area contributed by atoms with E-state index >= 15 is 0 Å². The maximum absolute atomic E-state index is 11.9. The number of carbonyl (C=O) groups is 1. The largest absolute Gasteiger partial charge is 0.383 e. The number of hydrogen-bond acceptors (Lipinski definition) is 3. The first-order valence-corrected chi connectivity index (χ1v) is 7.94. The van der Waals surface area contributed by atoms with Crippen LogP contribution in [-0.2, 0) is 0 Å². The topological polar surface area (TPSA) is 44.4 Å². The normalized spacial score (nSPS) is 19.3. The van der Waals surface area contributed by atoms with E-state index in [1.165, 1.54) is 31.4 Å². The molecular weight excluding hydrogens is 262 g/mol. The number of anilines is 1. The molecule has 1 unspecified atom stereocenters. The van der Waals surface area contributed by atoms with Crippen molar-refractivity contribution in [3.8, 4) is 0 Å². The van der Waals surface area contributed by atoms with E-state index in [4.69, 9.17) is 0 Å². The highest BCUT2D eigenvalue weighted by Crippen LogP contribution is 2.20. The van der Waals surface area contributed by atoms with Crippen molar-refractivity contribution in [1.29, 1.82) is 0 Å². The maximum atomic E-state index is 11.9. The molecule has 0 aromatic heterocycles. The van der Waals surface area contributed by atoms with Gasteiger partial charge in [0, 0.05) is 30.4 Å². The minimum absolute atomic E-state index is 0.00432. The number of likely N-dealkylation sites (tertiary alicyclic amines) is 1. The first-order chi connectivity index (χ1) is 10.1. The summed E-state index contributed by atoms with van der Waals surface area (Å²) in [6, 6.07) is 6.45. The second-order valence-electron chi connectivity index (χ2n) is 5.90. The van der Waals surface area contributed by atoms with E-state index in [-0.39, 0.29) is 5.91 Å². The van der Waals surface area contributed by atoms with Gasteiger partial charge in [0.2, 0.25) is 0 Å². The van der Waals surface area contributed by atoms with E-state index in [9.17, 15) is 4.79 Å². The predicted molar refractivity (Wildman–Crippen MR) is 87.9 cm³/mol. The van der Waals surface area contributed by atoms with Gasteiger partial charge in [-0.1, -0.05) is 12.5 Å². The summed E-state index contributed by atoms with van der Waals surface area (Å²) in [5.74, 6) is -0.00432. The van der Waals surface area contributed by atoms with Crippen molar-refractivity contribution in [1.82, 2.24) is 10.2 Å². The average Bonchev–Trinajstić information content (AvgIpc) is 2.48. The van der Waals surface area contributed by atoms with Crippen molar-refractivity contribution in [3.63, 3.8) is 0 Å². The predicted octanol–water partition coefficient (Wildman–Crippen LogP) is 2.64. The maximum Gasteiger partial charge on any atom is 0.251 e. The van der Waals surface area contributed by atoms with Gasteiger partial charge in [0.05, 0.1) is 0 Å². The Balaban J connectivity index is 2.01. The van der Waals surface area contributed by atoms with Gasteiger partial charge in [-0.2, -0.15) is 0 Å². The number of piperidine rings is 1. The summed E-state index contributed by atoms with van der Waals surface area (Å²) in [6.45, 7) is 6.79. The molecule has 1 saturated heterocycles. The Kier molecular flexibility index (Phi) is 5.62. The Bertz CT molecular complexity index is 487. The molecule has 4 nitrogen and oxygen atoms in total. The zero-order valence-electron chi connectivity index (χ0n) is 13.4. The lowest BCUT2D eigenvalue weighted by atomic mass is 10.0. The standard InChI is InChI=1S/C17H27N3O/c1-4-18-17(21)14-9-8-13(2)16(11-14)19-12-15-7-5-6-10-20(15)3/h8-9,11,15,19H,4-7,10,12H2,1-3H3,(H,18,21). The molecule has 0 radical (unpaired) electrons. The quantitative estimate of drug-likeness (QED) is 0.876. The summed E-state index contributed by atoms with van der Waals surface area (Å²) in [7, 11) is 2.20. The molecule has 1 amide bonds. The van der Waals surface area contributed by atoms with Gasteiger partial charge in [-0.05, 0) is 58.0 Å². The number of nitrogens with one attached hydrogen (secondary N) is 2. The number of aryl methyl sites for hydroxylation is 1. The summed E-state index contributed by atoms with van der Waals surface area (Å²) < 4.78 is 0. The molecule has 0 bridgehead atoms. The van der Waals surface area contributed by atoms with Gasteiger partial charge >= 0.3 is 0 Å². The second-order valence-corrected chi connectivity index (χ2v) is 5.90. The SMILES string of the molecule is CCNC(=O)c1ccc(C)c(NCC2CCCCN2C)c1. The number of rotatable bonds is 5. The third kappa shape index (κ3) is 4.21. The zero-order chi connectivity index (χ0) is 15.2. The Labute approximate surface area is 127 Å². The zero-order valence-corrected chi connectivity index (χ0v) is 13.4. The summed E-state index contributed by atoms with van der Waals surface area (Å²) >= 11 is 0. The van der Waals surface area contributed by atoms with Gasteiger partial charge in [0.1, 0.15) is 0 Å². The van der Waals surface area contributed by atoms with Gasteiger partial charge in [-0.25, -0.2) is 0 Å². The van der Waals surface area contributed by atoms with Crippen LogP contribution in [0.4, 0.5) is 5.69 Å². The number of hydrogen-bond donors (Lipinski definition) is 2. The molecule has 1 aromatic rings. The van der Waals surface area contributed by atoms with E-state index in [1.807, 2.05) is 25.1 Å². The van der Waals surface area contributed by atoms with E-state index in [0.717, 1.165) is 17.8 Å². The minimum atomic E-state index is -0.00432. The van der Waals surface area contributed by atoms with E-state index < -0.39 is 0 Å². The van der Waals surface area contributed by atoms with Crippen LogP contribution in [0.3, 0.4) is 0 Å². The Morgan fingerprint density at radius 3 is 2.90 bits per heavy atom. The first kappa shape index (κ1) is 15.8. The molecule has 1 aliphatic heterocycles. The minimum Gasteiger partial charge on any atom is -0.383 e. The fourth-order valence-corrected chi connectivity index (χ4v) is 2.85. The van der Waals surface area contributed by atoms with Crippen molar-refractivity contribution in [2.45, 2.75) is 39.2 Å². The second kappa shape index (κ2) is 7.46. The summed E-state index contributed by atoms with van der Waals surface area (Å²) in [6.07, 6.45) is 3.87. The van der Waals surface area contributed by atoms with Crippen LogP contribution in [0.2, 0.25) is 0 Å². The highest BCUT2D eigenvalue weighted by molar-refractivity contribution is 5.95. The van der Waals surface area contributed by atoms with Crippen LogP contribution in [0.25, 0.3) is 0 Å². The van der Waals surface area contributed by atoms with Gasteiger partial charge in [-0.15, -0.1) is 0 Å². The highest BCUT2D eigenvalue weighted by atomic mass is 16.1. The fraction of sp³-hybridized carbons (Fsp3) is 0.588. The highest BCUT2D eigenvalue weighted by Gasteiger charge is 2.18. The lowest BCUT2D eigenvalue weighted by Gasteiger charge is -2.33. The first-order valence-electron chi connectivity index (χ1n) is 7.94. The van der Waals surface area contributed by atoms with Gasteiger partial charge in [0.15, 0.2) is 0 Å². The number of amides is 1. The molecule has 1 aliphatic rings. The lowest BCUT2D eigenvalue weighted by molar-refractivity contribution is 0.0956. The van der Waals surface area contributed by atoms with Crippen molar-refractivity contribution in [3.05, 3.63) is 29.3 Å². The molecule has 1 aromatic carbocycles. The van der Waals surface area contributed by atoms with Crippen LogP contribution in [0, 0.1) is 6.92 Å². The van der Waals surface area contributed by atoms with E-state index in [1.54, 1.807) is 0 Å². The number of benzene rings is 1. The van der Waals surface area contributed by atoms with Crippen LogP contribution >= 0.6 is 0 Å². The molecular formula is C17H27N3O. The summed E-state index contributed by atoms with van der Waals surface area (Å²) in [4.78, 5) is 14.3. The van der Waals surface area contributed by atoms with Crippen molar-refractivity contribution in [2.75, 3.05) is 32.0 Å². The lowest BCUT2D eigenvalue weighted by Crippen LogP contribution is -2.40. The third-order valence-electron chi connectivity index (χ3n) is 4.29. The van der Waals surface area contributed by atoms with Gasteiger partial charge in [-0.3, -0.25) is 4.79 Å². The van der Waals surface area contributed by atoms with Crippen LogP contribution in [0.15, 0.2) is 18.2 Å². The van der Waals surface area contributed by atoms with Crippen LogP contribution in [0.5, 0.6) is 0 Å². The molecule has 0 aliphatic carbocycles. The smallest absolute Gasteiger partial charge is 0.251 e. The molecule has 0 saturated carbocycles. The van der Waals surface area contributed by atoms with Crippen molar-refractivity contribution >= 4 is 11.6 Å². The van der Waals surface area contributed by atoms with Crippen LogP contribution in [-0.4, -0.2) is 43.5 Å². The molecule has 1 atom stereocenters. The number of carbonyl (C=O) groups excluding carboxylic acids is 1. The number of nitrogens with zero attached hydrogens (tertiary/aromatic N) is 1. The Hall–Kier alpha value is -1.55.